The highest BCUT2D eigenvalue weighted by Crippen LogP contribution is 2.19. The molecule has 4 heteroatoms. The summed E-state index contributed by atoms with van der Waals surface area (Å²) in [5, 5.41) is 0. The molecule has 0 fully saturated rings. The first kappa shape index (κ1) is 14.4. The van der Waals surface area contributed by atoms with Crippen molar-refractivity contribution in [3.8, 4) is 0 Å². The van der Waals surface area contributed by atoms with Gasteiger partial charge >= 0.3 is 0 Å². The predicted molar refractivity (Wildman–Crippen MR) is 63.0 cm³/mol. The topological polar surface area (TPSA) is 58.4 Å². The Morgan fingerprint density at radius 2 is 1.87 bits per heavy atom. The fourth-order valence-corrected chi connectivity index (χ4v) is 1.54. The smallest absolute Gasteiger partial charge is 0.240 e. The molecule has 1 atom stereocenters. The summed E-state index contributed by atoms with van der Waals surface area (Å²) in [6, 6.07) is 0.454. The maximum absolute atomic E-state index is 11.5. The lowest BCUT2D eigenvalue weighted by molar-refractivity contribution is -0.130. The molecule has 0 aromatic carbocycles. The summed E-state index contributed by atoms with van der Waals surface area (Å²) in [7, 11) is 2.04. The number of nitrogens with two attached hydrogens (primary N) is 1. The van der Waals surface area contributed by atoms with E-state index < -0.39 is 5.41 Å². The van der Waals surface area contributed by atoms with Gasteiger partial charge in [0.2, 0.25) is 5.91 Å². The van der Waals surface area contributed by atoms with E-state index in [1.54, 1.807) is 0 Å². The number of carbonyl (C=O) groups is 1. The van der Waals surface area contributed by atoms with Gasteiger partial charge in [0.25, 0.3) is 0 Å². The Morgan fingerprint density at radius 1 is 1.40 bits per heavy atom. The average Bonchev–Trinajstić information content (AvgIpc) is 2.14. The van der Waals surface area contributed by atoms with Gasteiger partial charge in [-0.05, 0) is 33.7 Å². The summed E-state index contributed by atoms with van der Waals surface area (Å²) in [5.74, 6) is 5.61. The van der Waals surface area contributed by atoms with Gasteiger partial charge in [-0.25, -0.2) is 5.84 Å². The van der Waals surface area contributed by atoms with Crippen LogP contribution in [0.5, 0.6) is 0 Å². The summed E-state index contributed by atoms with van der Waals surface area (Å²) in [5.41, 5.74) is 1.76. The van der Waals surface area contributed by atoms with E-state index in [2.05, 4.69) is 31.1 Å². The Balaban J connectivity index is 4.39. The maximum atomic E-state index is 11.5. The Labute approximate surface area is 93.2 Å². The molecule has 0 spiro atoms. The van der Waals surface area contributed by atoms with Crippen LogP contribution < -0.4 is 11.3 Å². The van der Waals surface area contributed by atoms with E-state index in [1.807, 2.05) is 20.9 Å². The van der Waals surface area contributed by atoms with Crippen LogP contribution in [-0.4, -0.2) is 30.4 Å². The largest absolute Gasteiger partial charge is 0.302 e. The van der Waals surface area contributed by atoms with Crippen molar-refractivity contribution in [2.45, 2.75) is 40.7 Å². The molecule has 15 heavy (non-hydrogen) atoms. The minimum atomic E-state index is -0.452. The van der Waals surface area contributed by atoms with Crippen LogP contribution in [0, 0.1) is 11.3 Å². The van der Waals surface area contributed by atoms with Crippen molar-refractivity contribution >= 4 is 5.91 Å². The normalized spacial score (nSPS) is 14.5. The van der Waals surface area contributed by atoms with Gasteiger partial charge in [0, 0.05) is 12.6 Å². The summed E-state index contributed by atoms with van der Waals surface area (Å²) in [4.78, 5) is 13.7. The molecule has 0 aliphatic rings. The number of amides is 1. The number of nitrogens with one attached hydrogen (secondary N) is 1. The fourth-order valence-electron chi connectivity index (χ4n) is 1.54. The third-order valence-corrected chi connectivity index (χ3v) is 3.05. The zero-order valence-electron chi connectivity index (χ0n) is 10.8. The SMILES string of the molecule is CC(C)C(C)N(C)CC(C)(C)C(=O)NN. The maximum Gasteiger partial charge on any atom is 0.240 e. The molecule has 0 radical (unpaired) electrons. The van der Waals surface area contributed by atoms with Crippen molar-refractivity contribution < 1.29 is 4.79 Å². The Bertz CT molecular complexity index is 214. The molecule has 0 rings (SSSR count). The molecule has 90 valence electrons. The van der Waals surface area contributed by atoms with Crippen molar-refractivity contribution in [1.29, 1.82) is 0 Å². The second-order valence-corrected chi connectivity index (χ2v) is 5.26. The Kier molecular flexibility index (Phi) is 5.24. The highest BCUT2D eigenvalue weighted by molar-refractivity contribution is 5.81. The highest BCUT2D eigenvalue weighted by atomic mass is 16.2. The minimum absolute atomic E-state index is 0.120. The van der Waals surface area contributed by atoms with Gasteiger partial charge in [0.15, 0.2) is 0 Å². The number of hydrogen-bond acceptors (Lipinski definition) is 3. The number of hydrazine groups is 1. The van der Waals surface area contributed by atoms with Gasteiger partial charge in [-0.1, -0.05) is 13.8 Å². The van der Waals surface area contributed by atoms with E-state index in [0.29, 0.717) is 18.5 Å². The summed E-state index contributed by atoms with van der Waals surface area (Å²) < 4.78 is 0. The third kappa shape index (κ3) is 4.18. The van der Waals surface area contributed by atoms with E-state index >= 15 is 0 Å². The van der Waals surface area contributed by atoms with Crippen LogP contribution >= 0.6 is 0 Å². The van der Waals surface area contributed by atoms with Gasteiger partial charge in [-0.15, -0.1) is 0 Å². The summed E-state index contributed by atoms with van der Waals surface area (Å²) >= 11 is 0. The van der Waals surface area contributed by atoms with E-state index in [0.717, 1.165) is 0 Å². The van der Waals surface area contributed by atoms with Crippen LogP contribution in [0.4, 0.5) is 0 Å². The predicted octanol–water partition coefficient (Wildman–Crippen LogP) is 0.979. The molecule has 3 N–H and O–H groups in total. The molecular weight excluding hydrogens is 190 g/mol. The second-order valence-electron chi connectivity index (χ2n) is 5.26. The third-order valence-electron chi connectivity index (χ3n) is 3.05. The Morgan fingerprint density at radius 3 is 2.20 bits per heavy atom. The zero-order valence-corrected chi connectivity index (χ0v) is 10.8. The fraction of sp³-hybridized carbons (Fsp3) is 0.909. The molecule has 4 nitrogen and oxygen atoms in total. The van der Waals surface area contributed by atoms with E-state index in [1.165, 1.54) is 0 Å². The number of carbonyl (C=O) groups excluding carboxylic acids is 1. The van der Waals surface area contributed by atoms with Crippen LogP contribution in [0.3, 0.4) is 0 Å². The van der Waals surface area contributed by atoms with Crippen molar-refractivity contribution in [1.82, 2.24) is 10.3 Å². The molecular formula is C11H25N3O. The van der Waals surface area contributed by atoms with E-state index in [4.69, 9.17) is 5.84 Å². The molecule has 0 aliphatic heterocycles. The molecule has 0 saturated carbocycles. The molecule has 0 saturated heterocycles. The molecule has 0 aliphatic carbocycles. The molecule has 0 aromatic rings. The lowest BCUT2D eigenvalue weighted by Gasteiger charge is -2.34. The number of hydrogen-bond donors (Lipinski definition) is 2. The number of nitrogens with zero attached hydrogens (tertiary/aromatic N) is 1. The van der Waals surface area contributed by atoms with Crippen molar-refractivity contribution in [2.75, 3.05) is 13.6 Å². The van der Waals surface area contributed by atoms with Crippen LogP contribution in [0.2, 0.25) is 0 Å². The van der Waals surface area contributed by atoms with Gasteiger partial charge in [0.1, 0.15) is 0 Å². The Hall–Kier alpha value is -0.610. The van der Waals surface area contributed by atoms with Crippen molar-refractivity contribution in [2.24, 2.45) is 17.2 Å². The summed E-state index contributed by atoms with van der Waals surface area (Å²) in [6.45, 7) is 11.0. The molecule has 0 bridgehead atoms. The van der Waals surface area contributed by atoms with Gasteiger partial charge in [-0.3, -0.25) is 10.2 Å². The van der Waals surface area contributed by atoms with Gasteiger partial charge in [-0.2, -0.15) is 0 Å². The second kappa shape index (κ2) is 5.47. The highest BCUT2D eigenvalue weighted by Gasteiger charge is 2.30. The quantitative estimate of drug-likeness (QED) is 0.408. The number of rotatable bonds is 5. The van der Waals surface area contributed by atoms with Crippen molar-refractivity contribution in [3.05, 3.63) is 0 Å². The molecule has 1 amide bonds. The monoisotopic (exact) mass is 215 g/mol. The molecule has 0 heterocycles. The van der Waals surface area contributed by atoms with E-state index in [-0.39, 0.29) is 5.91 Å². The van der Waals surface area contributed by atoms with Crippen LogP contribution in [0.15, 0.2) is 0 Å². The molecule has 1 unspecified atom stereocenters. The van der Waals surface area contributed by atoms with Gasteiger partial charge in [0.05, 0.1) is 5.41 Å². The first-order chi connectivity index (χ1) is 6.72. The lowest BCUT2D eigenvalue weighted by Crippen LogP contribution is -2.48. The van der Waals surface area contributed by atoms with Crippen LogP contribution in [-0.2, 0) is 4.79 Å². The van der Waals surface area contributed by atoms with Crippen molar-refractivity contribution in [3.63, 3.8) is 0 Å². The average molecular weight is 215 g/mol. The standard InChI is InChI=1S/C11H25N3O/c1-8(2)9(3)14(6)7-11(4,5)10(15)13-12/h8-9H,7,12H2,1-6H3,(H,13,15). The minimum Gasteiger partial charge on any atom is -0.302 e. The zero-order chi connectivity index (χ0) is 12.2. The van der Waals surface area contributed by atoms with E-state index in [9.17, 15) is 4.79 Å². The summed E-state index contributed by atoms with van der Waals surface area (Å²) in [6.07, 6.45) is 0. The van der Waals surface area contributed by atoms with Crippen LogP contribution in [0.25, 0.3) is 0 Å². The molecule has 0 aromatic heterocycles. The first-order valence-corrected chi connectivity index (χ1v) is 5.43. The van der Waals surface area contributed by atoms with Gasteiger partial charge < -0.3 is 4.90 Å². The first-order valence-electron chi connectivity index (χ1n) is 5.43. The lowest BCUT2D eigenvalue weighted by atomic mass is 9.90. The van der Waals surface area contributed by atoms with Crippen LogP contribution in [0.1, 0.15) is 34.6 Å².